The summed E-state index contributed by atoms with van der Waals surface area (Å²) < 4.78 is 54.5. The van der Waals surface area contributed by atoms with E-state index < -0.39 is 86.7 Å². The second-order valence-corrected chi connectivity index (χ2v) is 18.5. The van der Waals surface area contributed by atoms with E-state index in [0.717, 1.165) is 0 Å². The number of halogens is 3. The minimum Gasteiger partial charge on any atom is -0.444 e. The number of nitrogens with one attached hydrogen (secondary N) is 3. The van der Waals surface area contributed by atoms with Crippen LogP contribution in [0.3, 0.4) is 0 Å². The van der Waals surface area contributed by atoms with Crippen LogP contribution in [-0.4, -0.2) is 84.0 Å². The van der Waals surface area contributed by atoms with Gasteiger partial charge in [-0.25, -0.2) is 22.4 Å². The maximum Gasteiger partial charge on any atom is 0.410 e. The van der Waals surface area contributed by atoms with Crippen LogP contribution in [0.1, 0.15) is 82.4 Å². The number of carbonyl (C=O) groups excluding carboxylic acids is 5. The highest BCUT2D eigenvalue weighted by Crippen LogP contribution is 2.46. The van der Waals surface area contributed by atoms with Crippen LogP contribution in [0.15, 0.2) is 48.6 Å². The number of alkyl carbamates (subject to hydrolysis) is 1. The number of benzene rings is 2. The van der Waals surface area contributed by atoms with Gasteiger partial charge in [0.25, 0.3) is 5.91 Å². The summed E-state index contributed by atoms with van der Waals surface area (Å²) in [6, 6.07) is 6.46. The zero-order valence-corrected chi connectivity index (χ0v) is 34.1. The van der Waals surface area contributed by atoms with E-state index in [2.05, 4.69) is 15.4 Å². The number of carbonyl (C=O) groups is 5. The molecular formula is C39H46Cl2FN5O9S. The molecule has 0 spiro atoms. The summed E-state index contributed by atoms with van der Waals surface area (Å²) in [5.41, 5.74) is -1.39. The molecule has 5 amide bonds. The van der Waals surface area contributed by atoms with Crippen LogP contribution in [0.5, 0.6) is 0 Å². The predicted octanol–water partition coefficient (Wildman–Crippen LogP) is 5.49. The molecule has 18 heteroatoms. The number of rotatable bonds is 6. The Morgan fingerprint density at radius 3 is 2.58 bits per heavy atom. The van der Waals surface area contributed by atoms with Crippen LogP contribution in [0.25, 0.3) is 0 Å². The highest BCUT2D eigenvalue weighted by atomic mass is 35.5. The first-order valence-electron chi connectivity index (χ1n) is 18.8. The van der Waals surface area contributed by atoms with Gasteiger partial charge in [-0.3, -0.25) is 24.0 Å². The lowest BCUT2D eigenvalue weighted by molar-refractivity contribution is -0.141. The fourth-order valence-electron chi connectivity index (χ4n) is 7.47. The smallest absolute Gasteiger partial charge is 0.410 e. The molecule has 5 atom stereocenters. The second kappa shape index (κ2) is 16.8. The molecule has 0 radical (unpaired) electrons. The second-order valence-electron chi connectivity index (χ2n) is 15.9. The van der Waals surface area contributed by atoms with E-state index in [4.69, 9.17) is 32.7 Å². The first-order chi connectivity index (χ1) is 26.8. The third kappa shape index (κ3) is 10.2. The van der Waals surface area contributed by atoms with Crippen LogP contribution >= 0.6 is 23.2 Å². The summed E-state index contributed by atoms with van der Waals surface area (Å²) >= 11 is 12.3. The number of fused-ring (bicyclic) bond motifs is 3. The highest BCUT2D eigenvalue weighted by Gasteiger charge is 2.61. The lowest BCUT2D eigenvalue weighted by atomic mass is 10.0. The Kier molecular flexibility index (Phi) is 12.5. The Bertz CT molecular complexity index is 2080. The van der Waals surface area contributed by atoms with Gasteiger partial charge in [-0.2, -0.15) is 0 Å². The van der Waals surface area contributed by atoms with Crippen LogP contribution in [0, 0.1) is 11.7 Å². The van der Waals surface area contributed by atoms with Gasteiger partial charge in [-0.15, -0.1) is 0 Å². The van der Waals surface area contributed by atoms with Gasteiger partial charge in [0.15, 0.2) is 0 Å². The molecule has 3 N–H and O–H groups in total. The van der Waals surface area contributed by atoms with Crippen LogP contribution in [-0.2, 0) is 52.7 Å². The predicted molar refractivity (Wildman–Crippen MR) is 208 cm³/mol. The lowest BCUT2D eigenvalue weighted by Gasteiger charge is -2.30. The van der Waals surface area contributed by atoms with E-state index in [9.17, 15) is 36.8 Å². The van der Waals surface area contributed by atoms with Gasteiger partial charge in [-0.05, 0) is 81.8 Å². The molecule has 2 aromatic rings. The molecule has 2 fully saturated rings. The Labute approximate surface area is 340 Å². The number of sulfonamides is 1. The average molecular weight is 851 g/mol. The van der Waals surface area contributed by atoms with Gasteiger partial charge in [-0.1, -0.05) is 60.3 Å². The number of hydrogen-bond donors (Lipinski definition) is 3. The number of nitrogens with zero attached hydrogens (tertiary/aromatic N) is 2. The van der Waals surface area contributed by atoms with Gasteiger partial charge < -0.3 is 25.0 Å². The van der Waals surface area contributed by atoms with Crippen molar-refractivity contribution in [2.75, 3.05) is 6.54 Å². The molecule has 3 heterocycles. The quantitative estimate of drug-likeness (QED) is 0.317. The normalized spacial score (nSPS) is 25.8. The summed E-state index contributed by atoms with van der Waals surface area (Å²) in [7, 11) is -4.35. The van der Waals surface area contributed by atoms with Crippen molar-refractivity contribution in [1.82, 2.24) is 25.2 Å². The van der Waals surface area contributed by atoms with Gasteiger partial charge >= 0.3 is 12.2 Å². The largest absolute Gasteiger partial charge is 0.444 e. The van der Waals surface area contributed by atoms with Gasteiger partial charge in [0.05, 0.1) is 18.8 Å². The maximum atomic E-state index is 14.5. The summed E-state index contributed by atoms with van der Waals surface area (Å²) in [5, 5.41) is 5.80. The summed E-state index contributed by atoms with van der Waals surface area (Å²) in [6.45, 7) is 4.88. The van der Waals surface area contributed by atoms with Gasteiger partial charge in [0.1, 0.15) is 35.1 Å². The summed E-state index contributed by atoms with van der Waals surface area (Å²) in [5.74, 6) is -4.08. The van der Waals surface area contributed by atoms with E-state index in [-0.39, 0.29) is 54.5 Å². The van der Waals surface area contributed by atoms with Crippen LogP contribution in [0.2, 0.25) is 10.0 Å². The SMILES string of the molecule is CC(C)(C)OC(=O)N[C@H]1CCCCC/C=C\[C@@H]2C[C@@]2(C(=O)NS(=O)(=O)Cc2cc(Cl)ccc2Cl)NC(=O)[C@@H]2C[C@@H](OC(=O)N3Cc4cccc(F)c4C3)CN2C1=O. The van der Waals surface area contributed by atoms with Crippen molar-refractivity contribution in [3.8, 4) is 0 Å². The Morgan fingerprint density at radius 2 is 1.84 bits per heavy atom. The molecular weight excluding hydrogens is 804 g/mol. The molecule has 2 aromatic carbocycles. The third-order valence-electron chi connectivity index (χ3n) is 10.4. The van der Waals surface area contributed by atoms with E-state index >= 15 is 0 Å². The zero-order valence-electron chi connectivity index (χ0n) is 31.8. The number of hydrogen-bond acceptors (Lipinski definition) is 9. The molecule has 1 saturated heterocycles. The van der Waals surface area contributed by atoms with Crippen molar-refractivity contribution in [2.24, 2.45) is 5.92 Å². The van der Waals surface area contributed by atoms with Crippen molar-refractivity contribution in [2.45, 2.75) is 114 Å². The van der Waals surface area contributed by atoms with Crippen molar-refractivity contribution >= 4 is 63.1 Å². The maximum absolute atomic E-state index is 14.5. The Hall–Kier alpha value is -4.41. The Morgan fingerprint density at radius 1 is 1.07 bits per heavy atom. The minimum absolute atomic E-state index is 0.0268. The molecule has 1 aliphatic carbocycles. The van der Waals surface area contributed by atoms with Gasteiger partial charge in [0.2, 0.25) is 21.8 Å². The molecule has 14 nitrogen and oxygen atoms in total. The standard InChI is InChI=1S/C39H46Cl2FN5O9S/c1-38(2,3)56-36(51)43-31-13-8-6-4-5-7-11-25-18-39(25,35(50)45-57(53,54)22-24-16-26(40)14-15-29(24)41)44-33(48)32-17-27(20-47(32)34(31)49)55-37(52)46-19-23-10-9-12-30(42)28(23)21-46/h7,9-12,14-16,25,27,31-32H,4-6,8,13,17-22H2,1-3H3,(H,43,51)(H,44,48)(H,45,50)/b11-7-/t25-,27-,31+,32+,39-/m1/s1. The highest BCUT2D eigenvalue weighted by molar-refractivity contribution is 7.89. The summed E-state index contributed by atoms with van der Waals surface area (Å²) in [4.78, 5) is 71.6. The van der Waals surface area contributed by atoms with Gasteiger partial charge in [0, 0.05) is 34.5 Å². The molecule has 0 unspecified atom stereocenters. The average Bonchev–Trinajstić information content (AvgIpc) is 3.40. The van der Waals surface area contributed by atoms with Crippen molar-refractivity contribution in [3.05, 3.63) is 81.1 Å². The number of amides is 5. The van der Waals surface area contributed by atoms with E-state index in [1.165, 1.54) is 34.1 Å². The van der Waals surface area contributed by atoms with Crippen LogP contribution in [0.4, 0.5) is 14.0 Å². The lowest BCUT2D eigenvalue weighted by Crippen LogP contribution is -2.58. The summed E-state index contributed by atoms with van der Waals surface area (Å²) in [6.07, 6.45) is 3.69. The molecule has 0 bridgehead atoms. The first-order valence-corrected chi connectivity index (χ1v) is 21.2. The van der Waals surface area contributed by atoms with Crippen molar-refractivity contribution in [1.29, 1.82) is 0 Å². The minimum atomic E-state index is -4.35. The van der Waals surface area contributed by atoms with E-state index in [1.54, 1.807) is 39.0 Å². The molecule has 1 saturated carbocycles. The third-order valence-corrected chi connectivity index (χ3v) is 12.2. The molecule has 6 rings (SSSR count). The molecule has 57 heavy (non-hydrogen) atoms. The first kappa shape index (κ1) is 42.2. The van der Waals surface area contributed by atoms with Crippen molar-refractivity contribution < 1.29 is 46.3 Å². The van der Waals surface area contributed by atoms with Crippen LogP contribution < -0.4 is 15.4 Å². The molecule has 0 aromatic heterocycles. The Balaban J connectivity index is 1.26. The number of ether oxygens (including phenoxy) is 2. The van der Waals surface area contributed by atoms with Crippen molar-refractivity contribution in [3.63, 3.8) is 0 Å². The topological polar surface area (TPSA) is 181 Å². The molecule has 308 valence electrons. The monoisotopic (exact) mass is 849 g/mol. The zero-order chi connectivity index (χ0) is 41.3. The molecule has 4 aliphatic rings. The number of allylic oxidation sites excluding steroid dienone is 1. The van der Waals surface area contributed by atoms with E-state index in [1.807, 2.05) is 6.08 Å². The molecule has 3 aliphatic heterocycles. The fraction of sp³-hybridized carbons (Fsp3) is 0.513. The van der Waals surface area contributed by atoms with E-state index in [0.29, 0.717) is 36.8 Å². The fourth-order valence-corrected chi connectivity index (χ4v) is 9.11.